The first-order valence-corrected chi connectivity index (χ1v) is 6.34. The molecule has 3 N–H and O–H groups in total. The van der Waals surface area contributed by atoms with Gasteiger partial charge in [-0.25, -0.2) is 0 Å². The lowest BCUT2D eigenvalue weighted by atomic mass is 10.1. The van der Waals surface area contributed by atoms with Gasteiger partial charge in [-0.1, -0.05) is 5.16 Å². The van der Waals surface area contributed by atoms with Crippen LogP contribution in [0.25, 0.3) is 0 Å². The Morgan fingerprint density at radius 1 is 1.55 bits per heavy atom. The molecule has 0 aromatic carbocycles. The summed E-state index contributed by atoms with van der Waals surface area (Å²) in [4.78, 5) is 14.2. The molecule has 1 unspecified atom stereocenters. The highest BCUT2D eigenvalue weighted by molar-refractivity contribution is 5.97. The fourth-order valence-electron chi connectivity index (χ4n) is 2.32. The summed E-state index contributed by atoms with van der Waals surface area (Å²) in [5.41, 5.74) is 7.65. The van der Waals surface area contributed by atoms with Crippen molar-refractivity contribution < 1.29 is 14.7 Å². The van der Waals surface area contributed by atoms with Crippen LogP contribution < -0.4 is 5.73 Å². The maximum atomic E-state index is 12.6. The quantitative estimate of drug-likeness (QED) is 0.333. The zero-order valence-corrected chi connectivity index (χ0v) is 11.8. The number of aryl methyl sites for hydroxylation is 2. The molecule has 1 atom stereocenters. The van der Waals surface area contributed by atoms with Crippen molar-refractivity contribution in [2.24, 2.45) is 17.9 Å². The number of nitrogens with two attached hydrogens (primary N) is 1. The van der Waals surface area contributed by atoms with Crippen LogP contribution in [0.1, 0.15) is 21.7 Å². The van der Waals surface area contributed by atoms with Crippen molar-refractivity contribution in [2.45, 2.75) is 20.0 Å². The van der Waals surface area contributed by atoms with E-state index in [4.69, 9.17) is 15.7 Å². The zero-order valence-electron chi connectivity index (χ0n) is 11.8. The Morgan fingerprint density at radius 3 is 2.80 bits per heavy atom. The number of hydrogen-bond donors (Lipinski definition) is 2. The molecule has 8 nitrogen and oxygen atoms in total. The fourth-order valence-corrected chi connectivity index (χ4v) is 2.32. The van der Waals surface area contributed by atoms with E-state index in [0.29, 0.717) is 24.4 Å². The number of hydrogen-bond acceptors (Lipinski definition) is 5. The molecule has 2 rings (SSSR count). The highest BCUT2D eigenvalue weighted by Crippen LogP contribution is 2.17. The first kappa shape index (κ1) is 14.3. The predicted molar refractivity (Wildman–Crippen MR) is 71.7 cm³/mol. The highest BCUT2D eigenvalue weighted by Gasteiger charge is 2.30. The Bertz CT molecular complexity index is 552. The first-order valence-electron chi connectivity index (χ1n) is 6.34. The lowest BCUT2D eigenvalue weighted by molar-refractivity contribution is 0.00668. The van der Waals surface area contributed by atoms with Crippen LogP contribution in [0.15, 0.2) is 5.16 Å². The van der Waals surface area contributed by atoms with E-state index in [1.807, 2.05) is 13.8 Å². The van der Waals surface area contributed by atoms with Gasteiger partial charge in [0, 0.05) is 19.3 Å². The molecule has 1 aromatic heterocycles. The van der Waals surface area contributed by atoms with Gasteiger partial charge < -0.3 is 20.6 Å². The van der Waals surface area contributed by atoms with Crippen LogP contribution in [0.5, 0.6) is 0 Å². The fraction of sp³-hybridized carbons (Fsp3) is 0.583. The molecule has 20 heavy (non-hydrogen) atoms. The lowest BCUT2D eigenvalue weighted by Crippen LogP contribution is -2.50. The molecule has 2 heterocycles. The monoisotopic (exact) mass is 281 g/mol. The summed E-state index contributed by atoms with van der Waals surface area (Å²) < 4.78 is 7.07. The van der Waals surface area contributed by atoms with E-state index < -0.39 is 6.10 Å². The highest BCUT2D eigenvalue weighted by atomic mass is 16.5. The van der Waals surface area contributed by atoms with Gasteiger partial charge >= 0.3 is 0 Å². The van der Waals surface area contributed by atoms with Gasteiger partial charge in [-0.15, -0.1) is 0 Å². The van der Waals surface area contributed by atoms with E-state index in [1.165, 1.54) is 0 Å². The van der Waals surface area contributed by atoms with E-state index in [0.717, 1.165) is 5.69 Å². The summed E-state index contributed by atoms with van der Waals surface area (Å²) in [6.45, 7) is 4.76. The second-order valence-electron chi connectivity index (χ2n) is 4.80. The van der Waals surface area contributed by atoms with Crippen LogP contribution >= 0.6 is 0 Å². The number of nitrogens with zero attached hydrogens (tertiary/aromatic N) is 4. The minimum absolute atomic E-state index is 0.0258. The van der Waals surface area contributed by atoms with Crippen LogP contribution in [0.3, 0.4) is 0 Å². The zero-order chi connectivity index (χ0) is 14.9. The summed E-state index contributed by atoms with van der Waals surface area (Å²) in [5, 5.41) is 15.9. The molecule has 8 heteroatoms. The number of oxime groups is 1. The summed E-state index contributed by atoms with van der Waals surface area (Å²) in [6.07, 6.45) is -0.574. The Kier molecular flexibility index (Phi) is 3.93. The molecule has 110 valence electrons. The Labute approximate surface area is 116 Å². The summed E-state index contributed by atoms with van der Waals surface area (Å²) in [5.74, 6) is -0.130. The van der Waals surface area contributed by atoms with Gasteiger partial charge in [-0.05, 0) is 13.8 Å². The predicted octanol–water partition coefficient (Wildman–Crippen LogP) is -0.376. The van der Waals surface area contributed by atoms with E-state index in [2.05, 4.69) is 10.3 Å². The number of ether oxygens (including phenoxy) is 1. The molecule has 1 aliphatic heterocycles. The third kappa shape index (κ3) is 2.46. The maximum absolute atomic E-state index is 12.6. The number of morpholine rings is 1. The number of rotatable bonds is 2. The topological polar surface area (TPSA) is 106 Å². The number of amidine groups is 1. The van der Waals surface area contributed by atoms with Gasteiger partial charge in [0.25, 0.3) is 5.91 Å². The largest absolute Gasteiger partial charge is 0.409 e. The number of amides is 1. The molecule has 1 amide bonds. The average Bonchev–Trinajstić information content (AvgIpc) is 2.70. The molecule has 1 saturated heterocycles. The lowest BCUT2D eigenvalue weighted by Gasteiger charge is -2.32. The molecule has 0 radical (unpaired) electrons. The first-order chi connectivity index (χ1) is 9.45. The molecule has 0 saturated carbocycles. The second-order valence-corrected chi connectivity index (χ2v) is 4.80. The Hall–Kier alpha value is -2.09. The van der Waals surface area contributed by atoms with Crippen LogP contribution in [0.2, 0.25) is 0 Å². The third-order valence-electron chi connectivity index (χ3n) is 3.52. The summed E-state index contributed by atoms with van der Waals surface area (Å²) in [6, 6.07) is 0. The van der Waals surface area contributed by atoms with Gasteiger partial charge in [0.15, 0.2) is 5.84 Å². The number of aromatic nitrogens is 2. The van der Waals surface area contributed by atoms with Gasteiger partial charge in [0.05, 0.1) is 24.4 Å². The standard InChI is InChI=1S/C12H19N5O3/c1-7-10(8(2)16(3)14-7)12(18)17-4-5-20-9(6-17)11(13)15-19/h9,19H,4-6H2,1-3H3,(H2,13,15). The molecular weight excluding hydrogens is 262 g/mol. The normalized spacial score (nSPS) is 20.2. The molecule has 1 aromatic rings. The van der Waals surface area contributed by atoms with Crippen molar-refractivity contribution in [1.82, 2.24) is 14.7 Å². The number of carbonyl (C=O) groups excluding carboxylic acids is 1. The molecular formula is C12H19N5O3. The van der Waals surface area contributed by atoms with Crippen LogP contribution in [-0.4, -0.2) is 57.4 Å². The third-order valence-corrected chi connectivity index (χ3v) is 3.52. The van der Waals surface area contributed by atoms with E-state index in [-0.39, 0.29) is 18.3 Å². The van der Waals surface area contributed by atoms with Crippen LogP contribution in [-0.2, 0) is 11.8 Å². The summed E-state index contributed by atoms with van der Waals surface area (Å²) in [7, 11) is 1.80. The average molecular weight is 281 g/mol. The smallest absolute Gasteiger partial charge is 0.257 e. The SMILES string of the molecule is Cc1nn(C)c(C)c1C(=O)N1CCOC(C(N)=NO)C1. The van der Waals surface area contributed by atoms with Crippen molar-refractivity contribution in [3.05, 3.63) is 17.0 Å². The maximum Gasteiger partial charge on any atom is 0.257 e. The Balaban J connectivity index is 2.21. The van der Waals surface area contributed by atoms with Crippen molar-refractivity contribution in [2.75, 3.05) is 19.7 Å². The number of carbonyl (C=O) groups is 1. The Morgan fingerprint density at radius 2 is 2.25 bits per heavy atom. The van der Waals surface area contributed by atoms with Gasteiger partial charge in [0.1, 0.15) is 6.10 Å². The van der Waals surface area contributed by atoms with Crippen LogP contribution in [0.4, 0.5) is 0 Å². The van der Waals surface area contributed by atoms with Crippen LogP contribution in [0, 0.1) is 13.8 Å². The van der Waals surface area contributed by atoms with Gasteiger partial charge in [-0.2, -0.15) is 5.10 Å². The summed E-state index contributed by atoms with van der Waals surface area (Å²) >= 11 is 0. The van der Waals surface area contributed by atoms with Crippen molar-refractivity contribution in [3.63, 3.8) is 0 Å². The van der Waals surface area contributed by atoms with E-state index in [9.17, 15) is 4.79 Å². The molecule has 1 fully saturated rings. The second kappa shape index (κ2) is 5.49. The minimum atomic E-state index is -0.574. The van der Waals surface area contributed by atoms with Gasteiger partial charge in [-0.3, -0.25) is 9.48 Å². The molecule has 0 aliphatic carbocycles. The van der Waals surface area contributed by atoms with E-state index in [1.54, 1.807) is 16.6 Å². The van der Waals surface area contributed by atoms with Crippen molar-refractivity contribution in [1.29, 1.82) is 0 Å². The van der Waals surface area contributed by atoms with Crippen molar-refractivity contribution >= 4 is 11.7 Å². The molecule has 0 spiro atoms. The van der Waals surface area contributed by atoms with Crippen molar-refractivity contribution in [3.8, 4) is 0 Å². The molecule has 1 aliphatic rings. The minimum Gasteiger partial charge on any atom is -0.409 e. The van der Waals surface area contributed by atoms with E-state index >= 15 is 0 Å². The van der Waals surface area contributed by atoms with Gasteiger partial charge in [0.2, 0.25) is 0 Å². The molecule has 0 bridgehead atoms.